The molecule has 4 rings (SSSR count). The van der Waals surface area contributed by atoms with Crippen molar-refractivity contribution in [1.29, 1.82) is 0 Å². The average Bonchev–Trinajstić information content (AvgIpc) is 3.04. The molecule has 0 amide bonds. The molecule has 164 valence electrons. The van der Waals surface area contributed by atoms with Crippen LogP contribution in [0.1, 0.15) is 85.0 Å². The van der Waals surface area contributed by atoms with Gasteiger partial charge in [-0.05, 0) is 123 Å². The third kappa shape index (κ3) is 3.67. The van der Waals surface area contributed by atoms with Gasteiger partial charge in [-0.15, -0.1) is 0 Å². The molecule has 0 aromatic carbocycles. The first-order valence-electron chi connectivity index (χ1n) is 12.2. The van der Waals surface area contributed by atoms with Crippen LogP contribution >= 0.6 is 12.2 Å². The van der Waals surface area contributed by atoms with Crippen LogP contribution < -0.4 is 0 Å². The number of aliphatic hydroxyl groups excluding tert-OH is 2. The van der Waals surface area contributed by atoms with E-state index in [0.29, 0.717) is 34.5 Å². The molecule has 4 aliphatic rings. The third-order valence-electron chi connectivity index (χ3n) is 10.4. The second-order valence-electron chi connectivity index (χ2n) is 11.5. The van der Waals surface area contributed by atoms with Crippen LogP contribution in [0.3, 0.4) is 0 Å². The minimum absolute atomic E-state index is 0.148. The van der Waals surface area contributed by atoms with Crippen molar-refractivity contribution in [2.24, 2.45) is 51.3 Å². The lowest BCUT2D eigenvalue weighted by molar-refractivity contribution is -0.174. The highest BCUT2D eigenvalue weighted by Crippen LogP contribution is 2.68. The SMILES string of the molecule is C[C@@H](CCCN=C=S)[C@H]1CC[C@H]2[C@@H]3[C@@H](O)C[C@@H]4C[C@H](O)CC[C@]4(C)[C@H]3CC[C@]12C. The van der Waals surface area contributed by atoms with Gasteiger partial charge in [0.25, 0.3) is 0 Å². The molecule has 0 radical (unpaired) electrons. The molecule has 4 saturated carbocycles. The van der Waals surface area contributed by atoms with Gasteiger partial charge in [-0.1, -0.05) is 20.8 Å². The summed E-state index contributed by atoms with van der Waals surface area (Å²) in [6.45, 7) is 8.32. The Kier molecular flexibility index (Phi) is 6.31. The standard InChI is InChI=1S/C25H41NO2S/c1-16(5-4-12-26-15-29)19-6-7-20-23-21(9-11-25(19,20)3)24(2)10-8-18(27)13-17(24)14-22(23)28/h16-23,27-28H,4-14H2,1-3H3/t16-,17-,18+,19+,20-,21-,22-,23-,24-,25+/m0/s1. The zero-order valence-corrected chi connectivity index (χ0v) is 19.5. The van der Waals surface area contributed by atoms with E-state index in [0.717, 1.165) is 50.5 Å². The van der Waals surface area contributed by atoms with Gasteiger partial charge >= 0.3 is 0 Å². The molecule has 2 N–H and O–H groups in total. The molecule has 0 bridgehead atoms. The number of thiocarbonyl (C=S) groups is 1. The first-order chi connectivity index (χ1) is 13.8. The van der Waals surface area contributed by atoms with Crippen LogP contribution in [0, 0.1) is 46.3 Å². The molecule has 29 heavy (non-hydrogen) atoms. The predicted molar refractivity (Wildman–Crippen MR) is 121 cm³/mol. The first kappa shape index (κ1) is 21.9. The highest BCUT2D eigenvalue weighted by atomic mass is 32.1. The van der Waals surface area contributed by atoms with Crippen LogP contribution in [-0.2, 0) is 0 Å². The quantitative estimate of drug-likeness (QED) is 0.352. The summed E-state index contributed by atoms with van der Waals surface area (Å²) < 4.78 is 0. The minimum Gasteiger partial charge on any atom is -0.393 e. The number of rotatable bonds is 5. The molecule has 0 unspecified atom stereocenters. The van der Waals surface area contributed by atoms with Gasteiger partial charge in [-0.25, -0.2) is 4.99 Å². The molecule has 4 fully saturated rings. The number of hydrogen-bond acceptors (Lipinski definition) is 4. The zero-order chi connectivity index (χ0) is 20.8. The van der Waals surface area contributed by atoms with Gasteiger partial charge in [0.2, 0.25) is 0 Å². The van der Waals surface area contributed by atoms with Gasteiger partial charge in [-0.3, -0.25) is 0 Å². The summed E-state index contributed by atoms with van der Waals surface area (Å²) in [6, 6.07) is 0. The molecule has 3 nitrogen and oxygen atoms in total. The van der Waals surface area contributed by atoms with Crippen LogP contribution in [0.2, 0.25) is 0 Å². The fourth-order valence-corrected chi connectivity index (χ4v) is 9.01. The fourth-order valence-electron chi connectivity index (χ4n) is 8.91. The molecule has 4 aliphatic carbocycles. The predicted octanol–water partition coefficient (Wildman–Crippen LogP) is 5.50. The van der Waals surface area contributed by atoms with E-state index in [2.05, 4.69) is 30.9 Å². The third-order valence-corrected chi connectivity index (χ3v) is 10.5. The maximum absolute atomic E-state index is 11.3. The Morgan fingerprint density at radius 2 is 1.76 bits per heavy atom. The Balaban J connectivity index is 1.51. The van der Waals surface area contributed by atoms with Gasteiger partial charge < -0.3 is 10.2 Å². The van der Waals surface area contributed by atoms with Gasteiger partial charge in [0, 0.05) is 6.54 Å². The van der Waals surface area contributed by atoms with Crippen molar-refractivity contribution >= 4 is 17.4 Å². The monoisotopic (exact) mass is 419 g/mol. The largest absolute Gasteiger partial charge is 0.393 e. The zero-order valence-electron chi connectivity index (χ0n) is 18.6. The number of nitrogens with zero attached hydrogens (tertiary/aromatic N) is 1. The van der Waals surface area contributed by atoms with Crippen molar-refractivity contribution in [3.63, 3.8) is 0 Å². The fraction of sp³-hybridized carbons (Fsp3) is 0.960. The maximum Gasteiger partial charge on any atom is 0.0584 e. The molecule has 0 saturated heterocycles. The van der Waals surface area contributed by atoms with E-state index in [1.165, 1.54) is 32.1 Å². The van der Waals surface area contributed by atoms with Gasteiger partial charge in [-0.2, -0.15) is 0 Å². The van der Waals surface area contributed by atoms with Gasteiger partial charge in [0.1, 0.15) is 0 Å². The normalized spacial score (nSPS) is 50.0. The first-order valence-corrected chi connectivity index (χ1v) is 12.6. The van der Waals surface area contributed by atoms with E-state index in [4.69, 9.17) is 12.2 Å². The van der Waals surface area contributed by atoms with Crippen LogP contribution in [0.15, 0.2) is 4.99 Å². The number of aliphatic hydroxyl groups is 2. The van der Waals surface area contributed by atoms with E-state index < -0.39 is 0 Å². The van der Waals surface area contributed by atoms with Crippen molar-refractivity contribution in [2.45, 2.75) is 97.2 Å². The van der Waals surface area contributed by atoms with Crippen molar-refractivity contribution < 1.29 is 10.2 Å². The van der Waals surface area contributed by atoms with Gasteiger partial charge in [0.05, 0.1) is 17.4 Å². The molecule has 10 atom stereocenters. The second kappa shape index (κ2) is 8.34. The molecule has 0 aromatic heterocycles. The van der Waals surface area contributed by atoms with Crippen LogP contribution in [-0.4, -0.2) is 34.1 Å². The Hall–Kier alpha value is -0.280. The second-order valence-corrected chi connectivity index (χ2v) is 11.7. The summed E-state index contributed by atoms with van der Waals surface area (Å²) in [5.74, 6) is 3.79. The van der Waals surface area contributed by atoms with Crippen molar-refractivity contribution in [3.05, 3.63) is 0 Å². The molecule has 0 aromatic rings. The summed E-state index contributed by atoms with van der Waals surface area (Å²) in [7, 11) is 0. The van der Waals surface area contributed by atoms with Crippen molar-refractivity contribution in [1.82, 2.24) is 0 Å². The van der Waals surface area contributed by atoms with Crippen molar-refractivity contribution in [3.8, 4) is 0 Å². The summed E-state index contributed by atoms with van der Waals surface area (Å²) in [5, 5.41) is 24.1. The Morgan fingerprint density at radius 3 is 2.52 bits per heavy atom. The molecule has 4 heteroatoms. The van der Waals surface area contributed by atoms with E-state index in [-0.39, 0.29) is 12.2 Å². The lowest BCUT2D eigenvalue weighted by Crippen LogP contribution is -2.58. The van der Waals surface area contributed by atoms with Gasteiger partial charge in [0.15, 0.2) is 0 Å². The lowest BCUT2D eigenvalue weighted by atomic mass is 9.43. The smallest absolute Gasteiger partial charge is 0.0584 e. The number of aliphatic imine (C=N–C) groups is 1. The lowest BCUT2D eigenvalue weighted by Gasteiger charge is -2.62. The summed E-state index contributed by atoms with van der Waals surface area (Å²) in [4.78, 5) is 4.10. The average molecular weight is 420 g/mol. The Labute approximate surface area is 182 Å². The van der Waals surface area contributed by atoms with E-state index in [1.807, 2.05) is 0 Å². The topological polar surface area (TPSA) is 52.8 Å². The highest BCUT2D eigenvalue weighted by Gasteiger charge is 2.62. The Bertz CT molecular complexity index is 649. The van der Waals surface area contributed by atoms with E-state index in [9.17, 15) is 10.2 Å². The molecule has 0 spiro atoms. The summed E-state index contributed by atoms with van der Waals surface area (Å²) in [5.41, 5.74) is 0.708. The molecular formula is C25H41NO2S. The number of hydrogen-bond donors (Lipinski definition) is 2. The van der Waals surface area contributed by atoms with Crippen LogP contribution in [0.25, 0.3) is 0 Å². The minimum atomic E-state index is -0.168. The molecule has 0 aliphatic heterocycles. The highest BCUT2D eigenvalue weighted by molar-refractivity contribution is 7.78. The van der Waals surface area contributed by atoms with Crippen LogP contribution in [0.4, 0.5) is 0 Å². The maximum atomic E-state index is 11.3. The number of isothiocyanates is 1. The van der Waals surface area contributed by atoms with Crippen molar-refractivity contribution in [2.75, 3.05) is 6.54 Å². The summed E-state index contributed by atoms with van der Waals surface area (Å²) in [6.07, 6.45) is 11.2. The Morgan fingerprint density at radius 1 is 1.03 bits per heavy atom. The van der Waals surface area contributed by atoms with E-state index >= 15 is 0 Å². The summed E-state index contributed by atoms with van der Waals surface area (Å²) >= 11 is 4.70. The molecule has 0 heterocycles. The van der Waals surface area contributed by atoms with Crippen LogP contribution in [0.5, 0.6) is 0 Å². The number of fused-ring (bicyclic) bond motifs is 5. The molecular weight excluding hydrogens is 378 g/mol. The van der Waals surface area contributed by atoms with E-state index in [1.54, 1.807) is 0 Å².